The van der Waals surface area contributed by atoms with Crippen LogP contribution in [0.4, 0.5) is 0 Å². The van der Waals surface area contributed by atoms with E-state index in [4.69, 9.17) is 39.5 Å². The van der Waals surface area contributed by atoms with Crippen LogP contribution in [-0.2, 0) is 13.2 Å². The van der Waals surface area contributed by atoms with Gasteiger partial charge in [-0.2, -0.15) is 0 Å². The highest BCUT2D eigenvalue weighted by atomic mass is 35.5. The summed E-state index contributed by atoms with van der Waals surface area (Å²) in [7, 11) is 0. The average molecular weight is 345 g/mol. The molecule has 0 aromatic heterocycles. The van der Waals surface area contributed by atoms with Crippen LogP contribution in [0, 0.1) is 0 Å². The second-order valence-electron chi connectivity index (χ2n) is 4.52. The van der Waals surface area contributed by atoms with Crippen LogP contribution in [0.5, 0.6) is 5.75 Å². The Morgan fingerprint density at radius 2 is 1.86 bits per heavy atom. The fourth-order valence-electron chi connectivity index (χ4n) is 1.89. The van der Waals surface area contributed by atoms with Gasteiger partial charge in [0.1, 0.15) is 12.4 Å². The third-order valence-electron chi connectivity index (χ3n) is 3.03. The summed E-state index contributed by atoms with van der Waals surface area (Å²) in [6.07, 6.45) is 0. The summed E-state index contributed by atoms with van der Waals surface area (Å²) in [6.45, 7) is 3.95. The largest absolute Gasteiger partial charge is 0.488 e. The van der Waals surface area contributed by atoms with Crippen LogP contribution in [0.1, 0.15) is 18.1 Å². The van der Waals surface area contributed by atoms with Gasteiger partial charge >= 0.3 is 0 Å². The molecular weight excluding hydrogens is 329 g/mol. The second kappa shape index (κ2) is 7.90. The van der Waals surface area contributed by atoms with Crippen LogP contribution in [0.2, 0.25) is 15.1 Å². The molecule has 0 aliphatic carbocycles. The van der Waals surface area contributed by atoms with Gasteiger partial charge in [0.15, 0.2) is 0 Å². The molecule has 0 aliphatic rings. The number of hydrogen-bond donors (Lipinski definition) is 1. The Bertz CT molecular complexity index is 616. The Hall–Kier alpha value is -0.930. The molecule has 0 atom stereocenters. The van der Waals surface area contributed by atoms with E-state index in [9.17, 15) is 0 Å². The highest BCUT2D eigenvalue weighted by molar-refractivity contribution is 6.35. The number of ether oxygens (including phenoxy) is 1. The molecule has 112 valence electrons. The van der Waals surface area contributed by atoms with E-state index in [-0.39, 0.29) is 0 Å². The van der Waals surface area contributed by atoms with Gasteiger partial charge in [-0.15, -0.1) is 0 Å². The first-order chi connectivity index (χ1) is 10.1. The van der Waals surface area contributed by atoms with Gasteiger partial charge in [-0.25, -0.2) is 0 Å². The second-order valence-corrected chi connectivity index (χ2v) is 5.77. The number of halogens is 3. The summed E-state index contributed by atoms with van der Waals surface area (Å²) in [4.78, 5) is 0. The van der Waals surface area contributed by atoms with Gasteiger partial charge in [0.2, 0.25) is 0 Å². The molecule has 0 heterocycles. The van der Waals surface area contributed by atoms with E-state index in [1.807, 2.05) is 31.2 Å². The van der Waals surface area contributed by atoms with Gasteiger partial charge in [-0.3, -0.25) is 0 Å². The zero-order valence-electron chi connectivity index (χ0n) is 11.6. The lowest BCUT2D eigenvalue weighted by Gasteiger charge is -2.14. The number of hydrogen-bond acceptors (Lipinski definition) is 2. The fourth-order valence-corrected chi connectivity index (χ4v) is 2.59. The van der Waals surface area contributed by atoms with E-state index in [1.165, 1.54) is 0 Å². The quantitative estimate of drug-likeness (QED) is 0.764. The molecule has 0 aliphatic heterocycles. The molecule has 2 rings (SSSR count). The topological polar surface area (TPSA) is 21.3 Å². The van der Waals surface area contributed by atoms with Crippen molar-refractivity contribution in [3.63, 3.8) is 0 Å². The maximum absolute atomic E-state index is 6.24. The van der Waals surface area contributed by atoms with Gasteiger partial charge in [0.05, 0.1) is 0 Å². The minimum absolute atomic E-state index is 0.371. The van der Waals surface area contributed by atoms with Crippen LogP contribution in [0.15, 0.2) is 36.4 Å². The first-order valence-electron chi connectivity index (χ1n) is 6.66. The molecule has 21 heavy (non-hydrogen) atoms. The maximum Gasteiger partial charge on any atom is 0.125 e. The third kappa shape index (κ3) is 4.52. The molecule has 0 unspecified atom stereocenters. The lowest BCUT2D eigenvalue weighted by molar-refractivity contribution is 0.302. The van der Waals surface area contributed by atoms with Gasteiger partial charge < -0.3 is 10.1 Å². The zero-order valence-corrected chi connectivity index (χ0v) is 13.9. The van der Waals surface area contributed by atoms with E-state index in [0.717, 1.165) is 23.4 Å². The summed E-state index contributed by atoms with van der Waals surface area (Å²) < 4.78 is 5.87. The summed E-state index contributed by atoms with van der Waals surface area (Å²) in [6, 6.07) is 11.0. The lowest BCUT2D eigenvalue weighted by atomic mass is 10.2. The molecule has 0 bridgehead atoms. The Balaban J connectivity index is 2.14. The number of nitrogens with one attached hydrogen (secondary N) is 1. The highest BCUT2D eigenvalue weighted by Crippen LogP contribution is 2.28. The predicted molar refractivity (Wildman–Crippen MR) is 89.6 cm³/mol. The van der Waals surface area contributed by atoms with Crippen molar-refractivity contribution in [2.75, 3.05) is 6.54 Å². The molecule has 0 radical (unpaired) electrons. The molecule has 1 N–H and O–H groups in total. The van der Waals surface area contributed by atoms with E-state index < -0.39 is 0 Å². The first-order valence-corrected chi connectivity index (χ1v) is 7.80. The van der Waals surface area contributed by atoms with E-state index in [0.29, 0.717) is 28.2 Å². The normalized spacial score (nSPS) is 10.7. The molecule has 0 spiro atoms. The van der Waals surface area contributed by atoms with Crippen LogP contribution >= 0.6 is 34.8 Å². The van der Waals surface area contributed by atoms with Crippen LogP contribution in [0.3, 0.4) is 0 Å². The van der Waals surface area contributed by atoms with Gasteiger partial charge in [-0.05, 0) is 30.8 Å². The van der Waals surface area contributed by atoms with Crippen molar-refractivity contribution in [2.45, 2.75) is 20.1 Å². The summed E-state index contributed by atoms with van der Waals surface area (Å²) >= 11 is 18.3. The van der Waals surface area contributed by atoms with Crippen molar-refractivity contribution in [3.8, 4) is 5.75 Å². The van der Waals surface area contributed by atoms with E-state index in [1.54, 1.807) is 12.1 Å². The molecule has 2 aromatic rings. The van der Waals surface area contributed by atoms with Crippen molar-refractivity contribution in [3.05, 3.63) is 62.6 Å². The van der Waals surface area contributed by atoms with Crippen LogP contribution in [0.25, 0.3) is 0 Å². The fraction of sp³-hybridized carbons (Fsp3) is 0.250. The minimum Gasteiger partial charge on any atom is -0.488 e. The summed E-state index contributed by atoms with van der Waals surface area (Å²) in [5.74, 6) is 0.759. The number of benzene rings is 2. The Labute approximate surface area is 140 Å². The Kier molecular flexibility index (Phi) is 6.19. The van der Waals surface area contributed by atoms with Crippen molar-refractivity contribution < 1.29 is 4.74 Å². The molecule has 0 amide bonds. The van der Waals surface area contributed by atoms with Crippen molar-refractivity contribution in [1.29, 1.82) is 0 Å². The van der Waals surface area contributed by atoms with Crippen molar-refractivity contribution in [1.82, 2.24) is 5.32 Å². The third-order valence-corrected chi connectivity index (χ3v) is 3.97. The SMILES string of the molecule is CCNCc1c(Cl)cccc1OCc1ccc(Cl)cc1Cl. The molecule has 2 aromatic carbocycles. The van der Waals surface area contributed by atoms with Crippen molar-refractivity contribution >= 4 is 34.8 Å². The van der Waals surface area contributed by atoms with Crippen LogP contribution < -0.4 is 10.1 Å². The van der Waals surface area contributed by atoms with Crippen LogP contribution in [-0.4, -0.2) is 6.54 Å². The Morgan fingerprint density at radius 1 is 1.05 bits per heavy atom. The molecule has 2 nitrogen and oxygen atoms in total. The predicted octanol–water partition coefficient (Wildman–Crippen LogP) is 5.34. The van der Waals surface area contributed by atoms with E-state index >= 15 is 0 Å². The standard InChI is InChI=1S/C16H16Cl3NO/c1-2-20-9-13-14(18)4-3-5-16(13)21-10-11-6-7-12(17)8-15(11)19/h3-8,20H,2,9-10H2,1H3. The van der Waals surface area contributed by atoms with E-state index in [2.05, 4.69) is 5.32 Å². The van der Waals surface area contributed by atoms with Gasteiger partial charge in [0, 0.05) is 32.7 Å². The highest BCUT2D eigenvalue weighted by Gasteiger charge is 2.09. The van der Waals surface area contributed by atoms with Gasteiger partial charge in [0.25, 0.3) is 0 Å². The molecule has 0 fully saturated rings. The molecule has 0 saturated heterocycles. The van der Waals surface area contributed by atoms with Crippen molar-refractivity contribution in [2.24, 2.45) is 0 Å². The average Bonchev–Trinajstić information content (AvgIpc) is 2.45. The number of rotatable bonds is 6. The minimum atomic E-state index is 0.371. The monoisotopic (exact) mass is 343 g/mol. The summed E-state index contributed by atoms with van der Waals surface area (Å²) in [5, 5.41) is 5.15. The maximum atomic E-state index is 6.24. The lowest BCUT2D eigenvalue weighted by Crippen LogP contribution is -2.13. The molecule has 0 saturated carbocycles. The first kappa shape index (κ1) is 16.4. The zero-order chi connectivity index (χ0) is 15.2. The van der Waals surface area contributed by atoms with Gasteiger partial charge in [-0.1, -0.05) is 53.9 Å². The molecular formula is C16H16Cl3NO. The summed E-state index contributed by atoms with van der Waals surface area (Å²) in [5.41, 5.74) is 1.83. The molecule has 5 heteroatoms. The Morgan fingerprint density at radius 3 is 2.57 bits per heavy atom. The smallest absolute Gasteiger partial charge is 0.125 e.